The summed E-state index contributed by atoms with van der Waals surface area (Å²) in [5.74, 6) is 1.26. The van der Waals surface area contributed by atoms with Crippen molar-refractivity contribution in [2.75, 3.05) is 18.1 Å². The van der Waals surface area contributed by atoms with E-state index in [0.717, 1.165) is 11.3 Å². The first-order valence-electron chi connectivity index (χ1n) is 5.67. The van der Waals surface area contributed by atoms with Gasteiger partial charge < -0.3 is 10.5 Å². The molecule has 4 nitrogen and oxygen atoms in total. The molecule has 5 heteroatoms. The maximum Gasteiger partial charge on any atom is 0.157 e. The van der Waals surface area contributed by atoms with E-state index in [-0.39, 0.29) is 23.5 Å². The predicted octanol–water partition coefficient (Wildman–Crippen LogP) is 0.925. The summed E-state index contributed by atoms with van der Waals surface area (Å²) >= 11 is 0. The van der Waals surface area contributed by atoms with Crippen LogP contribution in [0.4, 0.5) is 0 Å². The van der Waals surface area contributed by atoms with Crippen molar-refractivity contribution < 1.29 is 13.2 Å². The number of ether oxygens (including phenoxy) is 1. The number of nitrogens with two attached hydrogens (primary N) is 1. The molecule has 0 amide bonds. The summed E-state index contributed by atoms with van der Waals surface area (Å²) in [6.07, 6.45) is -0.191. The second-order valence-corrected chi connectivity index (χ2v) is 6.68. The van der Waals surface area contributed by atoms with Crippen LogP contribution in [0.1, 0.15) is 18.4 Å². The van der Waals surface area contributed by atoms with Crippen molar-refractivity contribution in [1.82, 2.24) is 0 Å². The largest absolute Gasteiger partial charge is 0.488 e. The third-order valence-electron chi connectivity index (χ3n) is 2.96. The van der Waals surface area contributed by atoms with Gasteiger partial charge in [-0.15, -0.1) is 0 Å². The number of hydrogen-bond acceptors (Lipinski definition) is 4. The number of sulfone groups is 1. The van der Waals surface area contributed by atoms with Gasteiger partial charge in [0.1, 0.15) is 11.9 Å². The fourth-order valence-corrected chi connectivity index (χ4v) is 2.98. The molecule has 2 rings (SSSR count). The lowest BCUT2D eigenvalue weighted by Gasteiger charge is -2.26. The summed E-state index contributed by atoms with van der Waals surface area (Å²) < 4.78 is 27.6. The fraction of sp³-hybridized carbons (Fsp3) is 0.500. The van der Waals surface area contributed by atoms with E-state index in [1.165, 1.54) is 0 Å². The van der Waals surface area contributed by atoms with Gasteiger partial charge in [0.15, 0.2) is 9.84 Å². The summed E-state index contributed by atoms with van der Waals surface area (Å²) in [4.78, 5) is 0. The summed E-state index contributed by atoms with van der Waals surface area (Å²) in [7, 11) is -2.83. The fourth-order valence-electron chi connectivity index (χ4n) is 1.81. The molecular weight excluding hydrogens is 238 g/mol. The van der Waals surface area contributed by atoms with Gasteiger partial charge in [-0.2, -0.15) is 0 Å². The Balaban J connectivity index is 2.02. The van der Waals surface area contributed by atoms with Crippen LogP contribution in [0.3, 0.4) is 0 Å². The van der Waals surface area contributed by atoms with Crippen molar-refractivity contribution in [3.8, 4) is 5.75 Å². The van der Waals surface area contributed by atoms with Gasteiger partial charge >= 0.3 is 0 Å². The molecule has 1 atom stereocenters. The SMILES string of the molecule is CC(CN)c1cccc(OC2CS(=O)(=O)C2)c1. The molecule has 1 unspecified atom stereocenters. The average molecular weight is 255 g/mol. The molecule has 0 radical (unpaired) electrons. The molecule has 1 aliphatic rings. The highest BCUT2D eigenvalue weighted by Crippen LogP contribution is 2.23. The second kappa shape index (κ2) is 4.66. The smallest absolute Gasteiger partial charge is 0.157 e. The van der Waals surface area contributed by atoms with E-state index in [1.54, 1.807) is 0 Å². The summed E-state index contributed by atoms with van der Waals surface area (Å²) in [6.45, 7) is 2.63. The average Bonchev–Trinajstić information content (AvgIpc) is 2.26. The molecule has 1 fully saturated rings. The van der Waals surface area contributed by atoms with Gasteiger partial charge in [0.05, 0.1) is 11.5 Å². The zero-order valence-corrected chi connectivity index (χ0v) is 10.6. The molecule has 94 valence electrons. The maximum atomic E-state index is 11.0. The van der Waals surface area contributed by atoms with Gasteiger partial charge in [-0.3, -0.25) is 0 Å². The molecule has 1 heterocycles. The van der Waals surface area contributed by atoms with Crippen LogP contribution >= 0.6 is 0 Å². The van der Waals surface area contributed by atoms with E-state index in [0.29, 0.717) is 6.54 Å². The molecule has 0 saturated carbocycles. The molecule has 1 aliphatic heterocycles. The monoisotopic (exact) mass is 255 g/mol. The lowest BCUT2D eigenvalue weighted by Crippen LogP contribution is -2.45. The van der Waals surface area contributed by atoms with Gasteiger partial charge in [0, 0.05) is 0 Å². The first kappa shape index (κ1) is 12.4. The second-order valence-electron chi connectivity index (χ2n) is 4.53. The Labute approximate surface area is 102 Å². The third-order valence-corrected chi connectivity index (χ3v) is 4.72. The summed E-state index contributed by atoms with van der Waals surface area (Å²) in [5.41, 5.74) is 6.73. The molecule has 0 aromatic heterocycles. The topological polar surface area (TPSA) is 69.4 Å². The Hall–Kier alpha value is -1.07. The minimum Gasteiger partial charge on any atom is -0.488 e. The summed E-state index contributed by atoms with van der Waals surface area (Å²) in [6, 6.07) is 7.69. The van der Waals surface area contributed by atoms with Crippen LogP contribution in [0.2, 0.25) is 0 Å². The maximum absolute atomic E-state index is 11.0. The first-order valence-corrected chi connectivity index (χ1v) is 7.49. The van der Waals surface area contributed by atoms with Crippen LogP contribution in [-0.2, 0) is 9.84 Å². The van der Waals surface area contributed by atoms with Gasteiger partial charge in [-0.1, -0.05) is 19.1 Å². The molecule has 1 aromatic rings. The third kappa shape index (κ3) is 2.98. The van der Waals surface area contributed by atoms with E-state index in [2.05, 4.69) is 0 Å². The van der Waals surface area contributed by atoms with E-state index in [4.69, 9.17) is 10.5 Å². The number of benzene rings is 1. The van der Waals surface area contributed by atoms with Gasteiger partial charge in [-0.25, -0.2) is 8.42 Å². The Morgan fingerprint density at radius 2 is 2.18 bits per heavy atom. The van der Waals surface area contributed by atoms with E-state index >= 15 is 0 Å². The lowest BCUT2D eigenvalue weighted by atomic mass is 10.0. The molecule has 2 N–H and O–H groups in total. The van der Waals surface area contributed by atoms with Crippen molar-refractivity contribution in [2.24, 2.45) is 5.73 Å². The predicted molar refractivity (Wildman–Crippen MR) is 67.0 cm³/mol. The highest BCUT2D eigenvalue weighted by Gasteiger charge is 2.35. The standard InChI is InChI=1S/C12H17NO3S/c1-9(6-13)10-3-2-4-11(5-10)16-12-7-17(14,15)8-12/h2-5,9,12H,6-8,13H2,1H3. The van der Waals surface area contributed by atoms with Gasteiger partial charge in [0.25, 0.3) is 0 Å². The number of rotatable bonds is 4. The van der Waals surface area contributed by atoms with E-state index < -0.39 is 9.84 Å². The van der Waals surface area contributed by atoms with Crippen molar-refractivity contribution in [3.05, 3.63) is 29.8 Å². The van der Waals surface area contributed by atoms with Crippen LogP contribution in [0.5, 0.6) is 5.75 Å². The lowest BCUT2D eigenvalue weighted by molar-refractivity contribution is 0.230. The highest BCUT2D eigenvalue weighted by atomic mass is 32.2. The molecule has 0 bridgehead atoms. The molecule has 1 aromatic carbocycles. The minimum absolute atomic E-state index is 0.129. The van der Waals surface area contributed by atoms with Crippen LogP contribution in [0.25, 0.3) is 0 Å². The van der Waals surface area contributed by atoms with Crippen LogP contribution in [0, 0.1) is 0 Å². The Kier molecular flexibility index (Phi) is 3.40. The van der Waals surface area contributed by atoms with Crippen molar-refractivity contribution in [2.45, 2.75) is 18.9 Å². The first-order chi connectivity index (χ1) is 8.00. The quantitative estimate of drug-likeness (QED) is 0.868. The Bertz CT molecular complexity index is 486. The van der Waals surface area contributed by atoms with Crippen LogP contribution in [-0.4, -0.2) is 32.6 Å². The zero-order valence-electron chi connectivity index (χ0n) is 9.80. The Morgan fingerprint density at radius 3 is 2.76 bits per heavy atom. The van der Waals surface area contributed by atoms with Crippen LogP contribution < -0.4 is 10.5 Å². The normalized spacial score (nSPS) is 20.6. The minimum atomic E-state index is -2.83. The molecular formula is C12H17NO3S. The Morgan fingerprint density at radius 1 is 1.47 bits per heavy atom. The molecule has 17 heavy (non-hydrogen) atoms. The van der Waals surface area contributed by atoms with Crippen molar-refractivity contribution >= 4 is 9.84 Å². The van der Waals surface area contributed by atoms with Crippen molar-refractivity contribution in [1.29, 1.82) is 0 Å². The highest BCUT2D eigenvalue weighted by molar-refractivity contribution is 7.92. The van der Waals surface area contributed by atoms with Crippen LogP contribution in [0.15, 0.2) is 24.3 Å². The van der Waals surface area contributed by atoms with E-state index in [1.807, 2.05) is 31.2 Å². The number of hydrogen-bond donors (Lipinski definition) is 1. The molecule has 1 saturated heterocycles. The van der Waals surface area contributed by atoms with Crippen molar-refractivity contribution in [3.63, 3.8) is 0 Å². The zero-order chi connectivity index (χ0) is 12.5. The van der Waals surface area contributed by atoms with E-state index in [9.17, 15) is 8.42 Å². The molecule has 0 aliphatic carbocycles. The van der Waals surface area contributed by atoms with Gasteiger partial charge in [-0.05, 0) is 30.2 Å². The van der Waals surface area contributed by atoms with Gasteiger partial charge in [0.2, 0.25) is 0 Å². The molecule has 0 spiro atoms. The summed E-state index contributed by atoms with van der Waals surface area (Å²) in [5, 5.41) is 0.